The van der Waals surface area contributed by atoms with Gasteiger partial charge in [-0.05, 0) is 30.3 Å². The van der Waals surface area contributed by atoms with Crippen LogP contribution in [0.4, 0.5) is 5.69 Å². The number of hydrogen-bond acceptors (Lipinski definition) is 2. The van der Waals surface area contributed by atoms with Crippen LogP contribution in [0, 0.1) is 0 Å². The Morgan fingerprint density at radius 2 is 2.06 bits per heavy atom. The largest absolute Gasteiger partial charge is 0.399 e. The number of hydrogen-bond donors (Lipinski definition) is 1. The van der Waals surface area contributed by atoms with E-state index >= 15 is 0 Å². The number of fused-ring (bicyclic) bond motifs is 1. The molecule has 0 amide bonds. The molecule has 3 aromatic rings. The molecule has 4 heteroatoms. The average molecular weight is 258 g/mol. The minimum atomic E-state index is 0.707. The molecule has 3 rings (SSSR count). The number of pyridine rings is 1. The van der Waals surface area contributed by atoms with E-state index < -0.39 is 0 Å². The Kier molecular flexibility index (Phi) is 2.49. The van der Waals surface area contributed by atoms with Gasteiger partial charge in [0.25, 0.3) is 0 Å². The number of aromatic nitrogens is 2. The summed E-state index contributed by atoms with van der Waals surface area (Å²) in [5.74, 6) is 0. The number of halogens is 1. The SMILES string of the molecule is Cn1cc(-c2cc(N)ccn2)c2cc(Cl)ccc21. The molecule has 1 aromatic carbocycles. The zero-order valence-corrected chi connectivity index (χ0v) is 10.6. The normalized spacial score (nSPS) is 11.0. The molecule has 2 aromatic heterocycles. The fraction of sp³-hybridized carbons (Fsp3) is 0.0714. The van der Waals surface area contributed by atoms with Gasteiger partial charge in [0.1, 0.15) is 0 Å². The molecular weight excluding hydrogens is 246 g/mol. The van der Waals surface area contributed by atoms with Gasteiger partial charge in [0.05, 0.1) is 5.69 Å². The smallest absolute Gasteiger partial charge is 0.0743 e. The second kappa shape index (κ2) is 4.03. The van der Waals surface area contributed by atoms with Gasteiger partial charge in [-0.15, -0.1) is 0 Å². The number of nitrogens with two attached hydrogens (primary N) is 1. The van der Waals surface area contributed by atoms with Gasteiger partial charge < -0.3 is 10.3 Å². The second-order valence-corrected chi connectivity index (χ2v) is 4.73. The first-order chi connectivity index (χ1) is 8.65. The van der Waals surface area contributed by atoms with Crippen molar-refractivity contribution in [2.24, 2.45) is 7.05 Å². The number of nitrogen functional groups attached to an aromatic ring is 1. The lowest BCUT2D eigenvalue weighted by molar-refractivity contribution is 0.969. The third-order valence-corrected chi connectivity index (χ3v) is 3.25. The predicted octanol–water partition coefficient (Wildman–Crippen LogP) is 3.48. The summed E-state index contributed by atoms with van der Waals surface area (Å²) in [6, 6.07) is 9.50. The third-order valence-electron chi connectivity index (χ3n) is 3.01. The van der Waals surface area contributed by atoms with Crippen LogP contribution in [-0.4, -0.2) is 9.55 Å². The summed E-state index contributed by atoms with van der Waals surface area (Å²) in [7, 11) is 2.01. The lowest BCUT2D eigenvalue weighted by Gasteiger charge is -2.00. The lowest BCUT2D eigenvalue weighted by atomic mass is 10.1. The van der Waals surface area contributed by atoms with Gasteiger partial charge in [0, 0.05) is 46.6 Å². The zero-order valence-electron chi connectivity index (χ0n) is 9.89. The first-order valence-electron chi connectivity index (χ1n) is 5.61. The van der Waals surface area contributed by atoms with Crippen molar-refractivity contribution >= 4 is 28.2 Å². The molecule has 0 fully saturated rings. The summed E-state index contributed by atoms with van der Waals surface area (Å²) in [6.07, 6.45) is 3.76. The van der Waals surface area contributed by atoms with Crippen molar-refractivity contribution in [3.8, 4) is 11.3 Å². The van der Waals surface area contributed by atoms with E-state index in [-0.39, 0.29) is 0 Å². The van der Waals surface area contributed by atoms with Gasteiger partial charge in [-0.3, -0.25) is 4.98 Å². The molecule has 0 saturated heterocycles. The van der Waals surface area contributed by atoms with Gasteiger partial charge in [-0.1, -0.05) is 11.6 Å². The van der Waals surface area contributed by atoms with Crippen molar-refractivity contribution in [3.63, 3.8) is 0 Å². The van der Waals surface area contributed by atoms with Crippen LogP contribution in [0.3, 0.4) is 0 Å². The van der Waals surface area contributed by atoms with Gasteiger partial charge in [0.15, 0.2) is 0 Å². The van der Waals surface area contributed by atoms with E-state index in [1.807, 2.05) is 37.5 Å². The lowest BCUT2D eigenvalue weighted by Crippen LogP contribution is -1.87. The molecule has 0 aliphatic carbocycles. The number of aryl methyl sites for hydroxylation is 1. The maximum atomic E-state index is 6.06. The van der Waals surface area contributed by atoms with Crippen LogP contribution >= 0.6 is 11.6 Å². The Hall–Kier alpha value is -2.00. The van der Waals surface area contributed by atoms with Crippen molar-refractivity contribution in [3.05, 3.63) is 47.7 Å². The third kappa shape index (κ3) is 1.73. The summed E-state index contributed by atoms with van der Waals surface area (Å²) in [6.45, 7) is 0. The molecular formula is C14H12ClN3. The fourth-order valence-corrected chi connectivity index (χ4v) is 2.33. The van der Waals surface area contributed by atoms with Gasteiger partial charge in [0.2, 0.25) is 0 Å². The highest BCUT2D eigenvalue weighted by Crippen LogP contribution is 2.31. The Morgan fingerprint density at radius 1 is 1.22 bits per heavy atom. The van der Waals surface area contributed by atoms with Gasteiger partial charge in [-0.2, -0.15) is 0 Å². The maximum Gasteiger partial charge on any atom is 0.0743 e. The topological polar surface area (TPSA) is 43.8 Å². The van der Waals surface area contributed by atoms with E-state index in [1.54, 1.807) is 12.3 Å². The van der Waals surface area contributed by atoms with Crippen molar-refractivity contribution in [2.45, 2.75) is 0 Å². The van der Waals surface area contributed by atoms with Crippen LogP contribution < -0.4 is 5.73 Å². The van der Waals surface area contributed by atoms with E-state index in [1.165, 1.54) is 0 Å². The van der Waals surface area contributed by atoms with Gasteiger partial charge in [-0.25, -0.2) is 0 Å². The molecule has 0 unspecified atom stereocenters. The van der Waals surface area contributed by atoms with E-state index in [0.29, 0.717) is 5.69 Å². The summed E-state index contributed by atoms with van der Waals surface area (Å²) in [5, 5.41) is 1.81. The number of rotatable bonds is 1. The molecule has 0 saturated carbocycles. The van der Waals surface area contributed by atoms with Crippen LogP contribution in [-0.2, 0) is 7.05 Å². The van der Waals surface area contributed by atoms with Crippen molar-refractivity contribution in [2.75, 3.05) is 5.73 Å². The van der Waals surface area contributed by atoms with E-state index in [0.717, 1.165) is 27.2 Å². The zero-order chi connectivity index (χ0) is 12.7. The van der Waals surface area contributed by atoms with E-state index in [2.05, 4.69) is 9.55 Å². The maximum absolute atomic E-state index is 6.06. The Labute approximate surface area is 110 Å². The molecule has 18 heavy (non-hydrogen) atoms. The fourth-order valence-electron chi connectivity index (χ4n) is 2.16. The van der Waals surface area contributed by atoms with Crippen LogP contribution in [0.1, 0.15) is 0 Å². The second-order valence-electron chi connectivity index (χ2n) is 4.29. The molecule has 3 nitrogen and oxygen atoms in total. The summed E-state index contributed by atoms with van der Waals surface area (Å²) in [4.78, 5) is 4.37. The highest BCUT2D eigenvalue weighted by atomic mass is 35.5. The predicted molar refractivity (Wildman–Crippen MR) is 75.6 cm³/mol. The van der Waals surface area contributed by atoms with Gasteiger partial charge >= 0.3 is 0 Å². The molecule has 90 valence electrons. The monoisotopic (exact) mass is 257 g/mol. The molecule has 0 bridgehead atoms. The number of anilines is 1. The Bertz CT molecular complexity index is 731. The molecule has 2 N–H and O–H groups in total. The van der Waals surface area contributed by atoms with Crippen molar-refractivity contribution in [1.82, 2.24) is 9.55 Å². The first kappa shape index (κ1) is 11.1. The van der Waals surface area contributed by atoms with Crippen LogP contribution in [0.25, 0.3) is 22.2 Å². The highest BCUT2D eigenvalue weighted by molar-refractivity contribution is 6.31. The molecule has 2 heterocycles. The minimum absolute atomic E-state index is 0.707. The molecule has 0 spiro atoms. The van der Waals surface area contributed by atoms with E-state index in [9.17, 15) is 0 Å². The number of benzene rings is 1. The minimum Gasteiger partial charge on any atom is -0.399 e. The summed E-state index contributed by atoms with van der Waals surface area (Å²) in [5.41, 5.74) is 9.54. The number of nitrogens with zero attached hydrogens (tertiary/aromatic N) is 2. The Morgan fingerprint density at radius 3 is 2.83 bits per heavy atom. The first-order valence-corrected chi connectivity index (χ1v) is 5.99. The molecule has 0 aliphatic rings. The van der Waals surface area contributed by atoms with Crippen LogP contribution in [0.2, 0.25) is 5.02 Å². The van der Waals surface area contributed by atoms with Crippen molar-refractivity contribution < 1.29 is 0 Å². The quantitative estimate of drug-likeness (QED) is 0.725. The molecule has 0 radical (unpaired) electrons. The average Bonchev–Trinajstić information content (AvgIpc) is 2.66. The van der Waals surface area contributed by atoms with E-state index in [4.69, 9.17) is 17.3 Å². The van der Waals surface area contributed by atoms with Crippen LogP contribution in [0.5, 0.6) is 0 Å². The highest BCUT2D eigenvalue weighted by Gasteiger charge is 2.10. The Balaban J connectivity index is 2.32. The van der Waals surface area contributed by atoms with Crippen LogP contribution in [0.15, 0.2) is 42.7 Å². The molecule has 0 aliphatic heterocycles. The van der Waals surface area contributed by atoms with Crippen molar-refractivity contribution in [1.29, 1.82) is 0 Å². The molecule has 0 atom stereocenters. The summed E-state index contributed by atoms with van der Waals surface area (Å²) < 4.78 is 2.06. The summed E-state index contributed by atoms with van der Waals surface area (Å²) >= 11 is 6.06. The standard InChI is InChI=1S/C14H12ClN3/c1-18-8-12(13-7-10(16)4-5-17-13)11-6-9(15)2-3-14(11)18/h2-8H,1H3,(H2,16,17).